The number of nitrogens with zero attached hydrogens (tertiary/aromatic N) is 3. The van der Waals surface area contributed by atoms with Gasteiger partial charge in [0.25, 0.3) is 0 Å². The number of rotatable bonds is 7. The van der Waals surface area contributed by atoms with Gasteiger partial charge in [-0.2, -0.15) is 0 Å². The van der Waals surface area contributed by atoms with Crippen molar-refractivity contribution >= 4 is 23.3 Å². The van der Waals surface area contributed by atoms with E-state index in [1.165, 1.54) is 0 Å². The van der Waals surface area contributed by atoms with Gasteiger partial charge in [-0.15, -0.1) is 0 Å². The topological polar surface area (TPSA) is 75.5 Å². The third-order valence-electron chi connectivity index (χ3n) is 6.42. The molecule has 0 amide bonds. The molecule has 0 radical (unpaired) electrons. The summed E-state index contributed by atoms with van der Waals surface area (Å²) in [7, 11) is 0. The summed E-state index contributed by atoms with van der Waals surface area (Å²) in [6, 6.07) is 7.37. The number of hydrogen-bond acceptors (Lipinski definition) is 5. The fourth-order valence-electron chi connectivity index (χ4n) is 4.03. The summed E-state index contributed by atoms with van der Waals surface area (Å²) in [5, 5.41) is 9.85. The number of hydrogen-bond donors (Lipinski definition) is 1. The van der Waals surface area contributed by atoms with Gasteiger partial charge in [-0.25, -0.2) is 13.2 Å². The van der Waals surface area contributed by atoms with E-state index in [0.29, 0.717) is 22.4 Å². The van der Waals surface area contributed by atoms with E-state index in [4.69, 9.17) is 16.3 Å². The van der Waals surface area contributed by atoms with Gasteiger partial charge >= 0.3 is 5.97 Å². The van der Waals surface area contributed by atoms with E-state index in [9.17, 15) is 18.7 Å². The van der Waals surface area contributed by atoms with Crippen LogP contribution < -0.4 is 4.90 Å². The second-order valence-electron chi connectivity index (χ2n) is 9.48. The predicted molar refractivity (Wildman–Crippen MR) is 138 cm³/mol. The Morgan fingerprint density at radius 2 is 1.89 bits per heavy atom. The highest BCUT2D eigenvalue weighted by atomic mass is 35.5. The lowest BCUT2D eigenvalue weighted by Crippen LogP contribution is -2.29. The monoisotopic (exact) mass is 543 g/mol. The molecule has 1 N–H and O–H groups in total. The van der Waals surface area contributed by atoms with E-state index in [2.05, 4.69) is 9.97 Å². The van der Waals surface area contributed by atoms with E-state index < -0.39 is 28.8 Å². The Balaban J connectivity index is 1.64. The third kappa shape index (κ3) is 5.24. The minimum absolute atomic E-state index is 0.0708. The lowest BCUT2D eigenvalue weighted by molar-refractivity contribution is -0.142. The van der Waals surface area contributed by atoms with Crippen LogP contribution in [0.4, 0.5) is 18.9 Å². The Hall–Kier alpha value is -3.85. The van der Waals surface area contributed by atoms with Crippen LogP contribution in [0.1, 0.15) is 37.6 Å². The van der Waals surface area contributed by atoms with Gasteiger partial charge < -0.3 is 14.7 Å². The predicted octanol–water partition coefficient (Wildman–Crippen LogP) is 6.62. The largest absolute Gasteiger partial charge is 0.486 e. The lowest BCUT2D eigenvalue weighted by atomic mass is 9.84. The zero-order valence-electron chi connectivity index (χ0n) is 21.2. The van der Waals surface area contributed by atoms with Crippen LogP contribution in [0.5, 0.6) is 0 Å². The maximum atomic E-state index is 16.0. The first kappa shape index (κ1) is 27.2. The van der Waals surface area contributed by atoms with Crippen LogP contribution in [0.25, 0.3) is 11.3 Å². The van der Waals surface area contributed by atoms with E-state index >= 15 is 4.39 Å². The quantitative estimate of drug-likeness (QED) is 0.361. The fraction of sp³-hybridized carbons (Fsp3) is 0.250. The maximum absolute atomic E-state index is 16.0. The Morgan fingerprint density at radius 1 is 1.16 bits per heavy atom. The molecule has 0 spiro atoms. The molecule has 0 atom stereocenters. The molecule has 10 heteroatoms. The molecule has 1 aliphatic rings. The van der Waals surface area contributed by atoms with Gasteiger partial charge in [0.2, 0.25) is 0 Å². The molecule has 1 aromatic carbocycles. The van der Waals surface area contributed by atoms with Crippen LogP contribution in [-0.2, 0) is 21.6 Å². The minimum atomic E-state index is -1.17. The molecule has 0 bridgehead atoms. The van der Waals surface area contributed by atoms with Gasteiger partial charge in [0, 0.05) is 29.6 Å². The molecule has 0 aliphatic carbocycles. The number of halogens is 4. The Kier molecular flexibility index (Phi) is 7.51. The van der Waals surface area contributed by atoms with Crippen LogP contribution in [0.2, 0.25) is 0 Å². The SMILES string of the molecule is CC1=CC(OCc2ncc(F)cc2F)=C(Cl)CN1c1c(C)cnc(-c2cccc(C(C)(C)C(=O)O)c2)c1F. The first-order valence-electron chi connectivity index (χ1n) is 11.7. The number of aliphatic carboxylic acids is 1. The molecular weight excluding hydrogens is 519 g/mol. The van der Waals surface area contributed by atoms with Crippen molar-refractivity contribution in [3.8, 4) is 11.3 Å². The van der Waals surface area contributed by atoms with E-state index in [1.807, 2.05) is 0 Å². The van der Waals surface area contributed by atoms with E-state index in [0.717, 1.165) is 12.3 Å². The highest BCUT2D eigenvalue weighted by Crippen LogP contribution is 2.37. The third-order valence-corrected chi connectivity index (χ3v) is 6.72. The first-order valence-corrected chi connectivity index (χ1v) is 12.0. The smallest absolute Gasteiger partial charge is 0.313 e. The highest BCUT2D eigenvalue weighted by molar-refractivity contribution is 6.30. The number of pyridine rings is 2. The summed E-state index contributed by atoms with van der Waals surface area (Å²) in [5.74, 6) is -2.95. The van der Waals surface area contributed by atoms with Crippen molar-refractivity contribution < 1.29 is 27.8 Å². The summed E-state index contributed by atoms with van der Waals surface area (Å²) in [4.78, 5) is 21.4. The molecule has 6 nitrogen and oxygen atoms in total. The molecule has 0 saturated heterocycles. The number of carboxylic acids is 1. The molecule has 3 aromatic rings. The number of benzene rings is 1. The number of anilines is 1. The number of carbonyl (C=O) groups is 1. The van der Waals surface area contributed by atoms with Gasteiger partial charge in [-0.1, -0.05) is 29.8 Å². The van der Waals surface area contributed by atoms with Crippen LogP contribution in [0.3, 0.4) is 0 Å². The van der Waals surface area contributed by atoms with Crippen molar-refractivity contribution in [2.45, 2.75) is 39.7 Å². The van der Waals surface area contributed by atoms with Gasteiger partial charge in [-0.05, 0) is 44.9 Å². The van der Waals surface area contributed by atoms with E-state index in [-0.39, 0.29) is 41.0 Å². The molecular formula is C28H25ClF3N3O3. The van der Waals surface area contributed by atoms with Gasteiger partial charge in [0.15, 0.2) is 11.6 Å². The molecule has 38 heavy (non-hydrogen) atoms. The van der Waals surface area contributed by atoms with Gasteiger partial charge in [0.05, 0.1) is 28.9 Å². The summed E-state index contributed by atoms with van der Waals surface area (Å²) < 4.78 is 48.7. The number of carboxylic acid groups (broad SMARTS) is 1. The number of aromatic nitrogens is 2. The van der Waals surface area contributed by atoms with Crippen LogP contribution in [-0.4, -0.2) is 27.6 Å². The molecule has 2 aromatic heterocycles. The average molecular weight is 544 g/mol. The van der Waals surface area contributed by atoms with Gasteiger partial charge in [0.1, 0.15) is 29.6 Å². The number of aryl methyl sites for hydroxylation is 1. The van der Waals surface area contributed by atoms with Crippen LogP contribution >= 0.6 is 11.6 Å². The van der Waals surface area contributed by atoms with Crippen molar-refractivity contribution in [3.05, 3.63) is 99.6 Å². The summed E-state index contributed by atoms with van der Waals surface area (Å²) in [5.41, 5.74) is 1.20. The van der Waals surface area contributed by atoms with Crippen LogP contribution in [0.15, 0.2) is 65.3 Å². The van der Waals surface area contributed by atoms with Crippen molar-refractivity contribution in [1.82, 2.24) is 9.97 Å². The van der Waals surface area contributed by atoms with Crippen molar-refractivity contribution in [2.24, 2.45) is 0 Å². The molecule has 0 fully saturated rings. The Morgan fingerprint density at radius 3 is 2.58 bits per heavy atom. The normalized spacial score (nSPS) is 14.0. The summed E-state index contributed by atoms with van der Waals surface area (Å²) in [6.07, 6.45) is 4.04. The summed E-state index contributed by atoms with van der Waals surface area (Å²) >= 11 is 6.49. The second kappa shape index (κ2) is 10.5. The molecule has 4 rings (SSSR count). The van der Waals surface area contributed by atoms with Gasteiger partial charge in [-0.3, -0.25) is 14.8 Å². The zero-order chi connectivity index (χ0) is 27.8. The second-order valence-corrected chi connectivity index (χ2v) is 9.93. The zero-order valence-corrected chi connectivity index (χ0v) is 21.9. The lowest BCUT2D eigenvalue weighted by Gasteiger charge is -2.31. The molecule has 198 valence electrons. The number of ether oxygens (including phenoxy) is 1. The van der Waals surface area contributed by atoms with Crippen molar-refractivity contribution in [1.29, 1.82) is 0 Å². The van der Waals surface area contributed by atoms with Crippen molar-refractivity contribution in [3.63, 3.8) is 0 Å². The standard InChI is InChI=1S/C28H25ClF3N3O3/c1-15-11-34-25(17-6-5-7-18(9-17)28(3,4)27(36)37)24(32)26(15)35-13-20(29)23(8-16(35)2)38-14-22-21(31)10-19(30)12-33-22/h5-12H,13-14H2,1-4H3,(H,36,37). The molecule has 0 saturated carbocycles. The Labute approximate surface area is 223 Å². The fourth-order valence-corrected chi connectivity index (χ4v) is 4.26. The minimum Gasteiger partial charge on any atom is -0.486 e. The average Bonchev–Trinajstić information content (AvgIpc) is 2.86. The maximum Gasteiger partial charge on any atom is 0.313 e. The van der Waals surface area contributed by atoms with Crippen LogP contribution in [0, 0.1) is 24.4 Å². The molecule has 3 heterocycles. The molecule has 0 unspecified atom stereocenters. The highest BCUT2D eigenvalue weighted by Gasteiger charge is 2.30. The summed E-state index contributed by atoms with van der Waals surface area (Å²) in [6.45, 7) is 6.44. The Bertz CT molecular complexity index is 1490. The van der Waals surface area contributed by atoms with Crippen molar-refractivity contribution in [2.75, 3.05) is 11.4 Å². The number of allylic oxidation sites excluding steroid dienone is 2. The first-order chi connectivity index (χ1) is 17.9. The van der Waals surface area contributed by atoms with E-state index in [1.54, 1.807) is 69.1 Å². The molecule has 1 aliphatic heterocycles.